The molecule has 0 spiro atoms. The fourth-order valence-electron chi connectivity index (χ4n) is 1.10. The second kappa shape index (κ2) is 9.15. The van der Waals surface area contributed by atoms with Crippen LogP contribution in [0.3, 0.4) is 0 Å². The zero-order chi connectivity index (χ0) is 12.4. The van der Waals surface area contributed by atoms with Crippen LogP contribution in [0.5, 0.6) is 0 Å². The standard InChI is InChI=1S/C11H20O5/c1-3-4-5-6-11(14)16-10(7-12)8-15-9(2)13/h10,12H,3-8H2,1-2H3. The van der Waals surface area contributed by atoms with Crippen molar-refractivity contribution >= 4 is 11.9 Å². The van der Waals surface area contributed by atoms with Crippen LogP contribution >= 0.6 is 0 Å². The lowest BCUT2D eigenvalue weighted by Crippen LogP contribution is -2.28. The molecule has 0 radical (unpaired) electrons. The Labute approximate surface area is 95.7 Å². The van der Waals surface area contributed by atoms with Crippen molar-refractivity contribution in [1.29, 1.82) is 0 Å². The molecule has 0 aromatic heterocycles. The quantitative estimate of drug-likeness (QED) is 0.500. The molecule has 16 heavy (non-hydrogen) atoms. The molecule has 1 atom stereocenters. The molecule has 0 saturated carbocycles. The fraction of sp³-hybridized carbons (Fsp3) is 0.818. The molecule has 5 nitrogen and oxygen atoms in total. The molecule has 1 N–H and O–H groups in total. The highest BCUT2D eigenvalue weighted by Crippen LogP contribution is 2.03. The maximum Gasteiger partial charge on any atom is 0.306 e. The summed E-state index contributed by atoms with van der Waals surface area (Å²) in [5, 5.41) is 8.89. The third-order valence-corrected chi connectivity index (χ3v) is 1.96. The van der Waals surface area contributed by atoms with E-state index in [9.17, 15) is 9.59 Å². The number of carbonyl (C=O) groups is 2. The lowest BCUT2D eigenvalue weighted by molar-refractivity contribution is -0.160. The number of esters is 2. The second-order valence-electron chi connectivity index (χ2n) is 3.55. The van der Waals surface area contributed by atoms with E-state index in [1.54, 1.807) is 0 Å². The molecule has 0 fully saturated rings. The van der Waals surface area contributed by atoms with Gasteiger partial charge in [0.2, 0.25) is 0 Å². The minimum Gasteiger partial charge on any atom is -0.462 e. The van der Waals surface area contributed by atoms with Crippen LogP contribution < -0.4 is 0 Å². The number of carbonyl (C=O) groups excluding carboxylic acids is 2. The Kier molecular flexibility index (Phi) is 8.52. The molecule has 0 rings (SSSR count). The van der Waals surface area contributed by atoms with Crippen LogP contribution in [0.4, 0.5) is 0 Å². The van der Waals surface area contributed by atoms with E-state index in [2.05, 4.69) is 4.74 Å². The van der Waals surface area contributed by atoms with Gasteiger partial charge in [-0.05, 0) is 6.42 Å². The van der Waals surface area contributed by atoms with Crippen LogP contribution in [0.25, 0.3) is 0 Å². The molecule has 5 heteroatoms. The maximum atomic E-state index is 11.3. The largest absolute Gasteiger partial charge is 0.462 e. The molecule has 0 amide bonds. The first kappa shape index (κ1) is 14.9. The highest BCUT2D eigenvalue weighted by Gasteiger charge is 2.14. The molecule has 0 aliphatic carbocycles. The van der Waals surface area contributed by atoms with Crippen LogP contribution in [-0.4, -0.2) is 36.4 Å². The van der Waals surface area contributed by atoms with Crippen molar-refractivity contribution in [2.24, 2.45) is 0 Å². The van der Waals surface area contributed by atoms with Crippen LogP contribution in [0.1, 0.15) is 39.5 Å². The zero-order valence-corrected chi connectivity index (χ0v) is 9.90. The molecule has 0 aliphatic heterocycles. The third-order valence-electron chi connectivity index (χ3n) is 1.96. The molecule has 94 valence electrons. The molecule has 0 aromatic carbocycles. The number of hydrogen-bond acceptors (Lipinski definition) is 5. The summed E-state index contributed by atoms with van der Waals surface area (Å²) in [5.41, 5.74) is 0. The average molecular weight is 232 g/mol. The summed E-state index contributed by atoms with van der Waals surface area (Å²) in [7, 11) is 0. The maximum absolute atomic E-state index is 11.3. The first-order valence-electron chi connectivity index (χ1n) is 5.53. The van der Waals surface area contributed by atoms with Gasteiger partial charge in [0.1, 0.15) is 6.61 Å². The first-order valence-corrected chi connectivity index (χ1v) is 5.53. The molecular weight excluding hydrogens is 212 g/mol. The van der Waals surface area contributed by atoms with E-state index in [-0.39, 0.29) is 19.2 Å². The van der Waals surface area contributed by atoms with E-state index in [1.807, 2.05) is 6.92 Å². The van der Waals surface area contributed by atoms with Crippen LogP contribution in [0.15, 0.2) is 0 Å². The van der Waals surface area contributed by atoms with Crippen molar-refractivity contribution in [3.63, 3.8) is 0 Å². The highest BCUT2D eigenvalue weighted by molar-refractivity contribution is 5.69. The number of aliphatic hydroxyl groups excluding tert-OH is 1. The first-order chi connectivity index (χ1) is 7.60. The Hall–Kier alpha value is -1.10. The van der Waals surface area contributed by atoms with Gasteiger partial charge < -0.3 is 14.6 Å². The molecule has 0 saturated heterocycles. The third kappa shape index (κ3) is 8.23. The SMILES string of the molecule is CCCCCC(=O)OC(CO)COC(C)=O. The Morgan fingerprint density at radius 2 is 2.00 bits per heavy atom. The Bertz CT molecular complexity index is 214. The smallest absolute Gasteiger partial charge is 0.306 e. The van der Waals surface area contributed by atoms with E-state index in [4.69, 9.17) is 9.84 Å². The highest BCUT2D eigenvalue weighted by atomic mass is 16.6. The lowest BCUT2D eigenvalue weighted by Gasteiger charge is -2.14. The monoisotopic (exact) mass is 232 g/mol. The number of hydrogen-bond donors (Lipinski definition) is 1. The zero-order valence-electron chi connectivity index (χ0n) is 9.90. The predicted octanol–water partition coefficient (Wildman–Crippen LogP) is 1.03. The summed E-state index contributed by atoms with van der Waals surface area (Å²) >= 11 is 0. The van der Waals surface area contributed by atoms with Crippen LogP contribution in [0.2, 0.25) is 0 Å². The summed E-state index contributed by atoms with van der Waals surface area (Å²) in [4.78, 5) is 21.8. The summed E-state index contributed by atoms with van der Waals surface area (Å²) in [6.07, 6.45) is 2.37. The number of aliphatic hydroxyl groups is 1. The van der Waals surface area contributed by atoms with Gasteiger partial charge in [0.15, 0.2) is 6.10 Å². The van der Waals surface area contributed by atoms with Gasteiger partial charge in [-0.2, -0.15) is 0 Å². The van der Waals surface area contributed by atoms with E-state index in [0.717, 1.165) is 19.3 Å². The van der Waals surface area contributed by atoms with Gasteiger partial charge in [-0.3, -0.25) is 9.59 Å². The molecular formula is C11H20O5. The summed E-state index contributed by atoms with van der Waals surface area (Å²) in [5.74, 6) is -0.819. The minimum absolute atomic E-state index is 0.0919. The van der Waals surface area contributed by atoms with Gasteiger partial charge in [0, 0.05) is 13.3 Å². The lowest BCUT2D eigenvalue weighted by atomic mass is 10.2. The summed E-state index contributed by atoms with van der Waals surface area (Å²) in [6, 6.07) is 0. The average Bonchev–Trinajstić information content (AvgIpc) is 2.24. The van der Waals surface area contributed by atoms with Crippen molar-refractivity contribution in [1.82, 2.24) is 0 Å². The predicted molar refractivity (Wildman–Crippen MR) is 57.7 cm³/mol. The molecule has 1 unspecified atom stereocenters. The normalized spacial score (nSPS) is 11.9. The fourth-order valence-corrected chi connectivity index (χ4v) is 1.10. The minimum atomic E-state index is -0.752. The molecule has 0 aliphatic rings. The van der Waals surface area contributed by atoms with Gasteiger partial charge in [-0.25, -0.2) is 0 Å². The van der Waals surface area contributed by atoms with Crippen molar-refractivity contribution in [3.05, 3.63) is 0 Å². The van der Waals surface area contributed by atoms with Gasteiger partial charge >= 0.3 is 11.9 Å². The Morgan fingerprint density at radius 1 is 1.31 bits per heavy atom. The molecule has 0 bridgehead atoms. The number of ether oxygens (including phenoxy) is 2. The summed E-state index contributed by atoms with van der Waals surface area (Å²) in [6.45, 7) is 2.87. The molecule has 0 aromatic rings. The van der Waals surface area contributed by atoms with E-state index < -0.39 is 12.1 Å². The van der Waals surface area contributed by atoms with Gasteiger partial charge in [-0.1, -0.05) is 19.8 Å². The van der Waals surface area contributed by atoms with Crippen molar-refractivity contribution in [3.8, 4) is 0 Å². The second-order valence-corrected chi connectivity index (χ2v) is 3.55. The summed E-state index contributed by atoms with van der Waals surface area (Å²) < 4.78 is 9.58. The van der Waals surface area contributed by atoms with Crippen molar-refractivity contribution in [2.75, 3.05) is 13.2 Å². The Balaban J connectivity index is 3.74. The van der Waals surface area contributed by atoms with Gasteiger partial charge in [0.05, 0.1) is 6.61 Å². The number of rotatable bonds is 8. The number of unbranched alkanes of at least 4 members (excludes halogenated alkanes) is 2. The van der Waals surface area contributed by atoms with Crippen LogP contribution in [-0.2, 0) is 19.1 Å². The van der Waals surface area contributed by atoms with Gasteiger partial charge in [0.25, 0.3) is 0 Å². The van der Waals surface area contributed by atoms with Crippen LogP contribution in [0, 0.1) is 0 Å². The van der Waals surface area contributed by atoms with E-state index >= 15 is 0 Å². The Morgan fingerprint density at radius 3 is 2.50 bits per heavy atom. The topological polar surface area (TPSA) is 72.8 Å². The van der Waals surface area contributed by atoms with E-state index in [0.29, 0.717) is 6.42 Å². The van der Waals surface area contributed by atoms with Gasteiger partial charge in [-0.15, -0.1) is 0 Å². The van der Waals surface area contributed by atoms with Crippen molar-refractivity contribution < 1.29 is 24.2 Å². The molecule has 0 heterocycles. The van der Waals surface area contributed by atoms with Crippen molar-refractivity contribution in [2.45, 2.75) is 45.6 Å². The van der Waals surface area contributed by atoms with E-state index in [1.165, 1.54) is 6.92 Å².